The molecule has 4 aromatic rings. The Morgan fingerprint density at radius 2 is 1.89 bits per heavy atom. The summed E-state index contributed by atoms with van der Waals surface area (Å²) in [6.45, 7) is 5.91. The molecule has 3 heterocycles. The number of carbonyl (C=O) groups excluding carboxylic acids is 2. The molecule has 1 aliphatic heterocycles. The molecule has 1 atom stereocenters. The number of hydrogen-bond donors (Lipinski definition) is 1. The van der Waals surface area contributed by atoms with Gasteiger partial charge in [-0.3, -0.25) is 4.79 Å². The Morgan fingerprint density at radius 3 is 2.61 bits per heavy atom. The summed E-state index contributed by atoms with van der Waals surface area (Å²) in [6.07, 6.45) is 1.65. The number of methoxy groups -OCH3 is 1. The molecule has 36 heavy (non-hydrogen) atoms. The topological polar surface area (TPSA) is 80.0 Å². The van der Waals surface area contributed by atoms with E-state index in [4.69, 9.17) is 9.15 Å². The molecular formula is C28H30N4O4. The first-order valence-electron chi connectivity index (χ1n) is 12.1. The number of urea groups is 1. The quantitative estimate of drug-likeness (QED) is 0.432. The molecule has 0 spiro atoms. The van der Waals surface area contributed by atoms with Gasteiger partial charge in [-0.15, -0.1) is 0 Å². The van der Waals surface area contributed by atoms with E-state index in [2.05, 4.69) is 30.4 Å². The number of carbonyl (C=O) groups is 2. The number of piperazine rings is 1. The Hall–Kier alpha value is -4.20. The Labute approximate surface area is 210 Å². The Bertz CT molecular complexity index is 1390. The highest BCUT2D eigenvalue weighted by Crippen LogP contribution is 2.25. The number of amides is 3. The highest BCUT2D eigenvalue weighted by molar-refractivity contribution is 5.98. The zero-order valence-corrected chi connectivity index (χ0v) is 20.7. The van der Waals surface area contributed by atoms with Crippen LogP contribution < -0.4 is 10.1 Å². The fourth-order valence-electron chi connectivity index (χ4n) is 4.78. The minimum Gasteiger partial charge on any atom is -0.497 e. The number of fused-ring (bicyclic) bond motifs is 1. The van der Waals surface area contributed by atoms with Gasteiger partial charge in [0.2, 0.25) is 5.71 Å². The lowest BCUT2D eigenvalue weighted by molar-refractivity contribution is 0.0582. The molecule has 186 valence electrons. The highest BCUT2D eigenvalue weighted by atomic mass is 16.5. The number of aryl methyl sites for hydroxylation is 1. The number of ether oxygens (including phenoxy) is 1. The van der Waals surface area contributed by atoms with Crippen molar-refractivity contribution in [2.24, 2.45) is 0 Å². The summed E-state index contributed by atoms with van der Waals surface area (Å²) in [7, 11) is 1.60. The molecule has 8 nitrogen and oxygen atoms in total. The van der Waals surface area contributed by atoms with Crippen LogP contribution in [0.25, 0.3) is 11.1 Å². The first-order valence-corrected chi connectivity index (χ1v) is 12.1. The summed E-state index contributed by atoms with van der Waals surface area (Å²) in [5.74, 6) is 0.670. The average Bonchev–Trinajstić information content (AvgIpc) is 3.46. The Kier molecular flexibility index (Phi) is 6.41. The molecule has 2 aromatic heterocycles. The van der Waals surface area contributed by atoms with Gasteiger partial charge in [0.1, 0.15) is 11.4 Å². The average molecular weight is 487 g/mol. The SMILES string of the molecule is COc1ccc(NC(=O)N2CCN(C(=O)c3cc4ccoc4n3Cc3cccc(C)c3)CC2C)cc1. The van der Waals surface area contributed by atoms with Crippen molar-refractivity contribution in [2.45, 2.75) is 26.4 Å². The number of anilines is 1. The third-order valence-electron chi connectivity index (χ3n) is 6.66. The Balaban J connectivity index is 1.30. The number of nitrogens with zero attached hydrogens (tertiary/aromatic N) is 3. The maximum Gasteiger partial charge on any atom is 0.322 e. The van der Waals surface area contributed by atoms with Crippen LogP contribution in [0.15, 0.2) is 71.3 Å². The lowest BCUT2D eigenvalue weighted by atomic mass is 10.1. The van der Waals surface area contributed by atoms with E-state index < -0.39 is 0 Å². The van der Waals surface area contributed by atoms with Gasteiger partial charge < -0.3 is 28.8 Å². The van der Waals surface area contributed by atoms with Crippen molar-refractivity contribution in [1.82, 2.24) is 14.4 Å². The highest BCUT2D eigenvalue weighted by Gasteiger charge is 2.32. The van der Waals surface area contributed by atoms with Gasteiger partial charge in [0, 0.05) is 36.7 Å². The second-order valence-electron chi connectivity index (χ2n) is 9.24. The predicted octanol–water partition coefficient (Wildman–Crippen LogP) is 4.98. The molecular weight excluding hydrogens is 456 g/mol. The van der Waals surface area contributed by atoms with E-state index in [0.29, 0.717) is 43.3 Å². The van der Waals surface area contributed by atoms with E-state index in [9.17, 15) is 9.59 Å². The van der Waals surface area contributed by atoms with Gasteiger partial charge in [0.25, 0.3) is 5.91 Å². The van der Waals surface area contributed by atoms with Crippen LogP contribution in [0.3, 0.4) is 0 Å². The Morgan fingerprint density at radius 1 is 1.08 bits per heavy atom. The number of hydrogen-bond acceptors (Lipinski definition) is 4. The molecule has 3 amide bonds. The fourth-order valence-corrected chi connectivity index (χ4v) is 4.78. The maximum absolute atomic E-state index is 13.7. The predicted molar refractivity (Wildman–Crippen MR) is 139 cm³/mol. The third kappa shape index (κ3) is 4.66. The zero-order valence-electron chi connectivity index (χ0n) is 20.7. The number of rotatable bonds is 5. The van der Waals surface area contributed by atoms with Gasteiger partial charge in [0.05, 0.1) is 19.9 Å². The molecule has 1 saturated heterocycles. The second-order valence-corrected chi connectivity index (χ2v) is 9.24. The van der Waals surface area contributed by atoms with Crippen molar-refractivity contribution in [3.8, 4) is 5.75 Å². The van der Waals surface area contributed by atoms with Gasteiger partial charge in [0.15, 0.2) is 0 Å². The van der Waals surface area contributed by atoms with E-state index in [1.807, 2.05) is 34.6 Å². The maximum atomic E-state index is 13.7. The van der Waals surface area contributed by atoms with E-state index in [1.165, 1.54) is 5.56 Å². The fraction of sp³-hybridized carbons (Fsp3) is 0.286. The molecule has 5 rings (SSSR count). The number of aromatic nitrogens is 1. The van der Waals surface area contributed by atoms with Crippen molar-refractivity contribution >= 4 is 28.7 Å². The van der Waals surface area contributed by atoms with Crippen LogP contribution in [0, 0.1) is 6.92 Å². The van der Waals surface area contributed by atoms with E-state index in [-0.39, 0.29) is 18.0 Å². The van der Waals surface area contributed by atoms with Gasteiger partial charge in [-0.2, -0.15) is 0 Å². The van der Waals surface area contributed by atoms with Crippen molar-refractivity contribution in [3.63, 3.8) is 0 Å². The van der Waals surface area contributed by atoms with Gasteiger partial charge in [-0.25, -0.2) is 4.79 Å². The smallest absolute Gasteiger partial charge is 0.322 e. The number of nitrogens with one attached hydrogen (secondary N) is 1. The summed E-state index contributed by atoms with van der Waals surface area (Å²) in [5.41, 5.74) is 4.25. The molecule has 1 fully saturated rings. The van der Waals surface area contributed by atoms with Crippen LogP contribution in [-0.4, -0.2) is 59.1 Å². The summed E-state index contributed by atoms with van der Waals surface area (Å²) >= 11 is 0. The molecule has 8 heteroatoms. The minimum atomic E-state index is -0.180. The summed E-state index contributed by atoms with van der Waals surface area (Å²) in [4.78, 5) is 30.2. The number of furan rings is 1. The lowest BCUT2D eigenvalue weighted by Gasteiger charge is -2.39. The monoisotopic (exact) mass is 486 g/mol. The molecule has 1 unspecified atom stereocenters. The van der Waals surface area contributed by atoms with Crippen LogP contribution in [0.5, 0.6) is 5.75 Å². The van der Waals surface area contributed by atoms with Gasteiger partial charge >= 0.3 is 6.03 Å². The summed E-state index contributed by atoms with van der Waals surface area (Å²) < 4.78 is 12.8. The van der Waals surface area contributed by atoms with Crippen LogP contribution in [0.2, 0.25) is 0 Å². The molecule has 2 aromatic carbocycles. The molecule has 0 aliphatic carbocycles. The number of benzene rings is 2. The standard InChI is InChI=1S/C28H30N4O4/c1-19-5-4-6-21(15-19)18-32-25(16-22-11-14-36-27(22)32)26(33)30-12-13-31(20(2)17-30)28(34)29-23-7-9-24(35-3)10-8-23/h4-11,14-16,20H,12-13,17-18H2,1-3H3,(H,29,34). The van der Waals surface area contributed by atoms with Crippen LogP contribution in [0.1, 0.15) is 28.5 Å². The second kappa shape index (κ2) is 9.81. The molecule has 0 bridgehead atoms. The van der Waals surface area contributed by atoms with Gasteiger partial charge in [-0.05, 0) is 55.8 Å². The van der Waals surface area contributed by atoms with Crippen molar-refractivity contribution in [3.05, 3.63) is 83.7 Å². The van der Waals surface area contributed by atoms with Crippen molar-refractivity contribution < 1.29 is 18.7 Å². The van der Waals surface area contributed by atoms with Gasteiger partial charge in [-0.1, -0.05) is 29.8 Å². The normalized spacial score (nSPS) is 15.8. The molecule has 1 aliphatic rings. The zero-order chi connectivity index (χ0) is 25.2. The summed E-state index contributed by atoms with van der Waals surface area (Å²) in [5, 5.41) is 3.84. The summed E-state index contributed by atoms with van der Waals surface area (Å²) in [6, 6.07) is 18.9. The minimum absolute atomic E-state index is 0.0592. The molecule has 0 saturated carbocycles. The van der Waals surface area contributed by atoms with Crippen molar-refractivity contribution in [2.75, 3.05) is 32.1 Å². The molecule has 1 N–H and O–H groups in total. The first-order chi connectivity index (χ1) is 17.4. The van der Waals surface area contributed by atoms with Crippen molar-refractivity contribution in [1.29, 1.82) is 0 Å². The lowest BCUT2D eigenvalue weighted by Crippen LogP contribution is -2.56. The van der Waals surface area contributed by atoms with E-state index >= 15 is 0 Å². The van der Waals surface area contributed by atoms with Crippen LogP contribution in [-0.2, 0) is 6.54 Å². The molecule has 0 radical (unpaired) electrons. The van der Waals surface area contributed by atoms with E-state index in [0.717, 1.165) is 16.7 Å². The van der Waals surface area contributed by atoms with Crippen LogP contribution in [0.4, 0.5) is 10.5 Å². The first kappa shape index (κ1) is 23.5. The van der Waals surface area contributed by atoms with E-state index in [1.54, 1.807) is 42.5 Å². The van der Waals surface area contributed by atoms with Crippen LogP contribution >= 0.6 is 0 Å². The third-order valence-corrected chi connectivity index (χ3v) is 6.66. The largest absolute Gasteiger partial charge is 0.497 e.